The third-order valence-electron chi connectivity index (χ3n) is 4.45. The van der Waals surface area contributed by atoms with E-state index in [-0.39, 0.29) is 0 Å². The van der Waals surface area contributed by atoms with Crippen LogP contribution in [0, 0.1) is 5.92 Å². The molecule has 2 rings (SSSR count). The van der Waals surface area contributed by atoms with Crippen LogP contribution in [-0.2, 0) is 0 Å². The maximum Gasteiger partial charge on any atom is 0.0361 e. The van der Waals surface area contributed by atoms with Crippen LogP contribution >= 0.6 is 0 Å². The van der Waals surface area contributed by atoms with Crippen molar-refractivity contribution in [2.24, 2.45) is 5.92 Å². The molecule has 0 saturated carbocycles. The summed E-state index contributed by atoms with van der Waals surface area (Å²) in [4.78, 5) is 4.74. The highest BCUT2D eigenvalue weighted by atomic mass is 15.1. The predicted molar refractivity (Wildman–Crippen MR) is 92.0 cm³/mol. The summed E-state index contributed by atoms with van der Waals surface area (Å²) in [6.45, 7) is 9.53. The summed E-state index contributed by atoms with van der Waals surface area (Å²) in [5.74, 6) is 0.714. The Morgan fingerprint density at radius 3 is 2.29 bits per heavy atom. The van der Waals surface area contributed by atoms with E-state index < -0.39 is 0 Å². The molecule has 21 heavy (non-hydrogen) atoms. The summed E-state index contributed by atoms with van der Waals surface area (Å²) in [5.41, 5.74) is 2.63. The van der Waals surface area contributed by atoms with Crippen LogP contribution in [0.3, 0.4) is 0 Å². The molecule has 1 aliphatic heterocycles. The average molecular weight is 289 g/mol. The van der Waals surface area contributed by atoms with Crippen LogP contribution in [0.4, 0.5) is 5.69 Å². The van der Waals surface area contributed by atoms with E-state index in [9.17, 15) is 0 Å². The van der Waals surface area contributed by atoms with Gasteiger partial charge in [0.05, 0.1) is 0 Å². The molecule has 0 spiro atoms. The van der Waals surface area contributed by atoms with Gasteiger partial charge in [0, 0.05) is 32.4 Å². The van der Waals surface area contributed by atoms with Gasteiger partial charge in [0.2, 0.25) is 0 Å². The van der Waals surface area contributed by atoms with Crippen LogP contribution in [0.5, 0.6) is 0 Å². The molecule has 3 nitrogen and oxygen atoms in total. The van der Waals surface area contributed by atoms with E-state index in [1.54, 1.807) is 0 Å². The van der Waals surface area contributed by atoms with Crippen LogP contribution in [0.2, 0.25) is 0 Å². The highest BCUT2D eigenvalue weighted by Gasteiger charge is 2.15. The SMILES string of the molecule is CC(CNC(C)c1ccc(N(C)C)cc1)CN1CCCC1. The minimum Gasteiger partial charge on any atom is -0.378 e. The normalized spacial score (nSPS) is 18.7. The number of rotatable bonds is 7. The molecule has 1 aromatic carbocycles. The Morgan fingerprint density at radius 2 is 1.71 bits per heavy atom. The molecule has 118 valence electrons. The summed E-state index contributed by atoms with van der Waals surface area (Å²) in [6.07, 6.45) is 2.77. The van der Waals surface area contributed by atoms with Crippen molar-refractivity contribution in [3.63, 3.8) is 0 Å². The molecular weight excluding hydrogens is 258 g/mol. The van der Waals surface area contributed by atoms with Gasteiger partial charge in [-0.25, -0.2) is 0 Å². The standard InChI is InChI=1S/C18H31N3/c1-15(14-21-11-5-6-12-21)13-19-16(2)17-7-9-18(10-8-17)20(3)4/h7-10,15-16,19H,5-6,11-14H2,1-4H3. The summed E-state index contributed by atoms with van der Waals surface area (Å²) < 4.78 is 0. The van der Waals surface area contributed by atoms with Gasteiger partial charge in [0.15, 0.2) is 0 Å². The summed E-state index contributed by atoms with van der Waals surface area (Å²) >= 11 is 0. The Morgan fingerprint density at radius 1 is 1.10 bits per heavy atom. The molecule has 2 unspecified atom stereocenters. The van der Waals surface area contributed by atoms with Gasteiger partial charge in [-0.2, -0.15) is 0 Å². The van der Waals surface area contributed by atoms with Gasteiger partial charge in [-0.1, -0.05) is 19.1 Å². The molecule has 1 fully saturated rings. The summed E-state index contributed by atoms with van der Waals surface area (Å²) in [7, 11) is 4.16. The third kappa shape index (κ3) is 5.01. The Bertz CT molecular complexity index is 407. The number of anilines is 1. The molecule has 0 radical (unpaired) electrons. The van der Waals surface area contributed by atoms with Crippen molar-refractivity contribution in [1.82, 2.24) is 10.2 Å². The van der Waals surface area contributed by atoms with Gasteiger partial charge in [0.1, 0.15) is 0 Å². The molecule has 1 aliphatic rings. The Balaban J connectivity index is 1.76. The maximum atomic E-state index is 3.68. The van der Waals surface area contributed by atoms with Gasteiger partial charge in [0.25, 0.3) is 0 Å². The van der Waals surface area contributed by atoms with E-state index in [2.05, 4.69) is 67.3 Å². The minimum atomic E-state index is 0.419. The highest BCUT2D eigenvalue weighted by molar-refractivity contribution is 5.46. The number of hydrogen-bond donors (Lipinski definition) is 1. The summed E-state index contributed by atoms with van der Waals surface area (Å²) in [5, 5.41) is 3.68. The molecule has 1 N–H and O–H groups in total. The summed E-state index contributed by atoms with van der Waals surface area (Å²) in [6, 6.07) is 9.28. The van der Waals surface area contributed by atoms with Crippen molar-refractivity contribution in [1.29, 1.82) is 0 Å². The Kier molecular flexibility index (Phi) is 6.07. The molecule has 1 heterocycles. The number of hydrogen-bond acceptors (Lipinski definition) is 3. The van der Waals surface area contributed by atoms with E-state index in [1.807, 2.05) is 0 Å². The van der Waals surface area contributed by atoms with E-state index in [1.165, 1.54) is 43.7 Å². The van der Waals surface area contributed by atoms with Crippen LogP contribution in [0.25, 0.3) is 0 Å². The zero-order valence-electron chi connectivity index (χ0n) is 14.1. The minimum absolute atomic E-state index is 0.419. The fraction of sp³-hybridized carbons (Fsp3) is 0.667. The van der Waals surface area contributed by atoms with Gasteiger partial charge < -0.3 is 15.1 Å². The van der Waals surface area contributed by atoms with Gasteiger partial charge in [-0.15, -0.1) is 0 Å². The Hall–Kier alpha value is -1.06. The van der Waals surface area contributed by atoms with Crippen molar-refractivity contribution in [3.8, 4) is 0 Å². The molecular formula is C18H31N3. The zero-order valence-corrected chi connectivity index (χ0v) is 14.1. The lowest BCUT2D eigenvalue weighted by atomic mass is 10.1. The maximum absolute atomic E-state index is 3.68. The monoisotopic (exact) mass is 289 g/mol. The second kappa shape index (κ2) is 7.81. The number of nitrogens with one attached hydrogen (secondary N) is 1. The van der Waals surface area contributed by atoms with Crippen molar-refractivity contribution >= 4 is 5.69 Å². The van der Waals surface area contributed by atoms with Gasteiger partial charge in [-0.3, -0.25) is 0 Å². The lowest BCUT2D eigenvalue weighted by Crippen LogP contribution is -2.32. The van der Waals surface area contributed by atoms with Crippen molar-refractivity contribution in [3.05, 3.63) is 29.8 Å². The fourth-order valence-electron chi connectivity index (χ4n) is 3.03. The van der Waals surface area contributed by atoms with Crippen LogP contribution < -0.4 is 10.2 Å². The smallest absolute Gasteiger partial charge is 0.0361 e. The van der Waals surface area contributed by atoms with Gasteiger partial charge >= 0.3 is 0 Å². The predicted octanol–water partition coefficient (Wildman–Crippen LogP) is 3.14. The van der Waals surface area contributed by atoms with Crippen LogP contribution in [-0.4, -0.2) is 45.2 Å². The zero-order chi connectivity index (χ0) is 15.2. The molecule has 0 bridgehead atoms. The molecule has 1 aromatic rings. The molecule has 0 aliphatic carbocycles. The second-order valence-electron chi connectivity index (χ2n) is 6.73. The lowest BCUT2D eigenvalue weighted by Gasteiger charge is -2.23. The van der Waals surface area contributed by atoms with E-state index in [4.69, 9.17) is 0 Å². The first-order valence-electron chi connectivity index (χ1n) is 8.29. The van der Waals surface area contributed by atoms with Gasteiger partial charge in [-0.05, 0) is 63.0 Å². The van der Waals surface area contributed by atoms with Crippen molar-refractivity contribution < 1.29 is 0 Å². The fourth-order valence-corrected chi connectivity index (χ4v) is 3.03. The first kappa shape index (κ1) is 16.3. The average Bonchev–Trinajstić information content (AvgIpc) is 2.97. The molecule has 0 aromatic heterocycles. The van der Waals surface area contributed by atoms with Crippen LogP contribution in [0.15, 0.2) is 24.3 Å². The molecule has 0 amide bonds. The largest absolute Gasteiger partial charge is 0.378 e. The highest BCUT2D eigenvalue weighted by Crippen LogP contribution is 2.18. The van der Waals surface area contributed by atoms with Crippen LogP contribution in [0.1, 0.15) is 38.3 Å². The topological polar surface area (TPSA) is 18.5 Å². The first-order valence-corrected chi connectivity index (χ1v) is 8.29. The number of benzene rings is 1. The first-order chi connectivity index (χ1) is 10.1. The quantitative estimate of drug-likeness (QED) is 0.832. The van der Waals surface area contributed by atoms with E-state index in [0.29, 0.717) is 12.0 Å². The molecule has 1 saturated heterocycles. The molecule has 3 heteroatoms. The lowest BCUT2D eigenvalue weighted by molar-refractivity contribution is 0.279. The Labute approximate surface area is 130 Å². The third-order valence-corrected chi connectivity index (χ3v) is 4.45. The van der Waals surface area contributed by atoms with Crippen molar-refractivity contribution in [2.45, 2.75) is 32.7 Å². The van der Waals surface area contributed by atoms with E-state index >= 15 is 0 Å². The number of nitrogens with zero attached hydrogens (tertiary/aromatic N) is 2. The molecule has 2 atom stereocenters. The van der Waals surface area contributed by atoms with Crippen molar-refractivity contribution in [2.75, 3.05) is 45.2 Å². The van der Waals surface area contributed by atoms with E-state index in [0.717, 1.165) is 6.54 Å². The number of likely N-dealkylation sites (tertiary alicyclic amines) is 1. The second-order valence-corrected chi connectivity index (χ2v) is 6.73.